The van der Waals surface area contributed by atoms with Crippen molar-refractivity contribution in [3.63, 3.8) is 0 Å². The third-order valence-electron chi connectivity index (χ3n) is 4.79. The Morgan fingerprint density at radius 1 is 1.48 bits per heavy atom. The van der Waals surface area contributed by atoms with E-state index < -0.39 is 10.0 Å². The van der Waals surface area contributed by atoms with E-state index in [1.807, 2.05) is 0 Å². The zero-order valence-electron chi connectivity index (χ0n) is 15.7. The van der Waals surface area contributed by atoms with E-state index >= 15 is 0 Å². The topological polar surface area (TPSA) is 81.1 Å². The number of allylic oxidation sites excluding steroid dienone is 1. The van der Waals surface area contributed by atoms with Gasteiger partial charge in [0.15, 0.2) is 5.16 Å². The Hall–Kier alpha value is -1.16. The van der Waals surface area contributed by atoms with Gasteiger partial charge in [-0.15, -0.1) is 17.9 Å². The molecule has 0 aliphatic heterocycles. The second kappa shape index (κ2) is 8.46. The van der Waals surface area contributed by atoms with Gasteiger partial charge in [0, 0.05) is 17.2 Å². The van der Waals surface area contributed by atoms with Crippen molar-refractivity contribution in [2.45, 2.75) is 44.3 Å². The van der Waals surface area contributed by atoms with E-state index in [0.717, 1.165) is 29.5 Å². The van der Waals surface area contributed by atoms with Crippen LogP contribution in [0, 0.1) is 5.92 Å². The molecular weight excluding hydrogens is 402 g/mol. The number of rotatable bonds is 8. The van der Waals surface area contributed by atoms with Gasteiger partial charge in [-0.3, -0.25) is 9.36 Å². The number of aryl methyl sites for hydroxylation is 1. The molecule has 3 rings (SSSR count). The second-order valence-electron chi connectivity index (χ2n) is 6.86. The predicted octanol–water partition coefficient (Wildman–Crippen LogP) is 2.80. The van der Waals surface area contributed by atoms with E-state index in [4.69, 9.17) is 4.98 Å². The third kappa shape index (κ3) is 4.47. The van der Waals surface area contributed by atoms with E-state index in [9.17, 15) is 13.2 Å². The maximum Gasteiger partial charge on any atom is 0.263 e. The first-order valence-electron chi connectivity index (χ1n) is 9.06. The third-order valence-corrected chi connectivity index (χ3v) is 8.45. The van der Waals surface area contributed by atoms with Crippen molar-refractivity contribution in [1.82, 2.24) is 14.3 Å². The van der Waals surface area contributed by atoms with Gasteiger partial charge in [-0.1, -0.05) is 24.8 Å². The van der Waals surface area contributed by atoms with Crippen LogP contribution < -0.4 is 10.3 Å². The first-order chi connectivity index (χ1) is 12.9. The van der Waals surface area contributed by atoms with Crippen molar-refractivity contribution in [2.24, 2.45) is 5.92 Å². The maximum absolute atomic E-state index is 13.2. The van der Waals surface area contributed by atoms with Crippen LogP contribution in [0.1, 0.15) is 30.2 Å². The lowest BCUT2D eigenvalue weighted by molar-refractivity contribution is 0.509. The summed E-state index contributed by atoms with van der Waals surface area (Å²) < 4.78 is 27.1. The van der Waals surface area contributed by atoms with Crippen molar-refractivity contribution >= 4 is 43.3 Å². The molecule has 0 spiro atoms. The molecular formula is C18H25N3O3S3. The standard InChI is InChI=1S/C18H25N3O3S3/c1-4-8-21-17(22)15-13-7-6-12(2)11-14(13)26-16(15)20-18(21)25-9-5-10-27(23,24)19-3/h4,12,19H,1,5-11H2,2-3H3. The molecule has 6 nitrogen and oxygen atoms in total. The van der Waals surface area contributed by atoms with Crippen LogP contribution in [-0.4, -0.2) is 36.5 Å². The molecule has 148 valence electrons. The number of nitrogens with zero attached hydrogens (tertiary/aromatic N) is 2. The fourth-order valence-corrected chi connectivity index (χ4v) is 6.60. The molecule has 1 aliphatic rings. The lowest BCUT2D eigenvalue weighted by Crippen LogP contribution is -2.24. The lowest BCUT2D eigenvalue weighted by Gasteiger charge is -2.17. The van der Waals surface area contributed by atoms with Gasteiger partial charge in [0.1, 0.15) is 4.83 Å². The smallest absolute Gasteiger partial charge is 0.263 e. The number of nitrogens with one attached hydrogen (secondary N) is 1. The van der Waals surface area contributed by atoms with Crippen molar-refractivity contribution in [3.05, 3.63) is 33.4 Å². The minimum Gasteiger partial charge on any atom is -0.283 e. The maximum atomic E-state index is 13.2. The van der Waals surface area contributed by atoms with E-state index in [1.165, 1.54) is 29.3 Å². The molecule has 0 saturated carbocycles. The van der Waals surface area contributed by atoms with Crippen molar-refractivity contribution < 1.29 is 8.42 Å². The zero-order valence-corrected chi connectivity index (χ0v) is 18.1. The van der Waals surface area contributed by atoms with E-state index in [1.54, 1.807) is 22.0 Å². The van der Waals surface area contributed by atoms with Gasteiger partial charge in [-0.05, 0) is 44.2 Å². The summed E-state index contributed by atoms with van der Waals surface area (Å²) >= 11 is 3.07. The van der Waals surface area contributed by atoms with Crippen molar-refractivity contribution in [2.75, 3.05) is 18.6 Å². The van der Waals surface area contributed by atoms with Crippen molar-refractivity contribution in [3.8, 4) is 0 Å². The number of hydrogen-bond acceptors (Lipinski definition) is 6. The summed E-state index contributed by atoms with van der Waals surface area (Å²) in [5.74, 6) is 1.29. The normalized spacial score (nSPS) is 17.2. The SMILES string of the molecule is C=CCn1c(SCCCS(=O)(=O)NC)nc2sc3c(c2c1=O)CCC(C)C3. The van der Waals surface area contributed by atoms with E-state index in [-0.39, 0.29) is 11.3 Å². The number of fused-ring (bicyclic) bond motifs is 3. The Kier molecular flexibility index (Phi) is 6.45. The molecule has 27 heavy (non-hydrogen) atoms. The molecule has 2 aromatic heterocycles. The number of aromatic nitrogens is 2. The molecule has 0 fully saturated rings. The van der Waals surface area contributed by atoms with Gasteiger partial charge < -0.3 is 0 Å². The summed E-state index contributed by atoms with van der Waals surface area (Å²) in [4.78, 5) is 20.0. The molecule has 0 bridgehead atoms. The largest absolute Gasteiger partial charge is 0.283 e. The minimum absolute atomic E-state index is 0.00250. The minimum atomic E-state index is -3.21. The summed E-state index contributed by atoms with van der Waals surface area (Å²) in [6.07, 6.45) is 5.26. The van der Waals surface area contributed by atoms with Crippen LogP contribution in [0.5, 0.6) is 0 Å². The lowest BCUT2D eigenvalue weighted by atomic mass is 9.89. The predicted molar refractivity (Wildman–Crippen MR) is 113 cm³/mol. The van der Waals surface area contributed by atoms with E-state index in [0.29, 0.717) is 29.8 Å². The molecule has 0 amide bonds. The van der Waals surface area contributed by atoms with Crippen LogP contribution in [0.4, 0.5) is 0 Å². The van der Waals surface area contributed by atoms with E-state index in [2.05, 4.69) is 18.2 Å². The Morgan fingerprint density at radius 3 is 2.96 bits per heavy atom. The molecule has 1 N–H and O–H groups in total. The molecule has 0 saturated heterocycles. The van der Waals surface area contributed by atoms with Gasteiger partial charge >= 0.3 is 0 Å². The first-order valence-corrected chi connectivity index (χ1v) is 12.5. The van der Waals surface area contributed by atoms with Gasteiger partial charge in [0.25, 0.3) is 5.56 Å². The summed E-state index contributed by atoms with van der Waals surface area (Å²) in [7, 11) is -1.80. The number of thioether (sulfide) groups is 1. The molecule has 0 radical (unpaired) electrons. The molecule has 1 atom stereocenters. The Labute approximate surface area is 168 Å². The molecule has 1 unspecified atom stereocenters. The zero-order chi connectivity index (χ0) is 19.6. The Balaban J connectivity index is 1.91. The highest BCUT2D eigenvalue weighted by Crippen LogP contribution is 2.36. The first kappa shape index (κ1) is 20.6. The quantitative estimate of drug-likeness (QED) is 0.303. The Morgan fingerprint density at radius 2 is 2.26 bits per heavy atom. The van der Waals surface area contributed by atoms with Crippen LogP contribution in [0.25, 0.3) is 10.2 Å². The van der Waals surface area contributed by atoms with Crippen LogP contribution in [0.3, 0.4) is 0 Å². The summed E-state index contributed by atoms with van der Waals surface area (Å²) in [6, 6.07) is 0. The monoisotopic (exact) mass is 427 g/mol. The van der Waals surface area contributed by atoms with Crippen LogP contribution in [0.2, 0.25) is 0 Å². The number of hydrogen-bond donors (Lipinski definition) is 1. The van der Waals surface area contributed by atoms with Crippen LogP contribution in [-0.2, 0) is 29.4 Å². The fraction of sp³-hybridized carbons (Fsp3) is 0.556. The number of thiophene rings is 1. The number of sulfonamides is 1. The van der Waals surface area contributed by atoms with Gasteiger partial charge in [0.05, 0.1) is 11.1 Å². The summed E-state index contributed by atoms with van der Waals surface area (Å²) in [6.45, 7) is 6.41. The molecule has 2 aromatic rings. The van der Waals surface area contributed by atoms with Crippen molar-refractivity contribution in [1.29, 1.82) is 0 Å². The van der Waals surface area contributed by atoms with Crippen LogP contribution in [0.15, 0.2) is 22.6 Å². The Bertz CT molecular complexity index is 1010. The fourth-order valence-electron chi connectivity index (χ4n) is 3.32. The highest BCUT2D eigenvalue weighted by molar-refractivity contribution is 7.99. The van der Waals surface area contributed by atoms with Gasteiger partial charge in [0.2, 0.25) is 10.0 Å². The van der Waals surface area contributed by atoms with Gasteiger partial charge in [-0.2, -0.15) is 0 Å². The second-order valence-corrected chi connectivity index (χ2v) is 11.0. The highest BCUT2D eigenvalue weighted by atomic mass is 32.2. The molecule has 9 heteroatoms. The molecule has 2 heterocycles. The average Bonchev–Trinajstić information content (AvgIpc) is 2.99. The summed E-state index contributed by atoms with van der Waals surface area (Å²) in [5.41, 5.74) is 1.18. The molecule has 1 aliphatic carbocycles. The highest BCUT2D eigenvalue weighted by Gasteiger charge is 2.24. The summed E-state index contributed by atoms with van der Waals surface area (Å²) in [5, 5.41) is 1.41. The van der Waals surface area contributed by atoms with Gasteiger partial charge in [-0.25, -0.2) is 18.1 Å². The van der Waals surface area contributed by atoms with Crippen LogP contribution >= 0.6 is 23.1 Å². The molecule has 0 aromatic carbocycles. The average molecular weight is 428 g/mol.